The second-order valence-corrected chi connectivity index (χ2v) is 6.10. The summed E-state index contributed by atoms with van der Waals surface area (Å²) in [4.78, 5) is 10.7. The zero-order chi connectivity index (χ0) is 13.3. The van der Waals surface area contributed by atoms with Crippen LogP contribution in [-0.2, 0) is 16.6 Å². The summed E-state index contributed by atoms with van der Waals surface area (Å²) < 4.78 is 0. The van der Waals surface area contributed by atoms with Gasteiger partial charge in [-0.3, -0.25) is 4.79 Å². The van der Waals surface area contributed by atoms with Gasteiger partial charge in [-0.1, -0.05) is 32.9 Å². The molecule has 1 unspecified atom stereocenters. The fraction of sp³-hybridized carbons (Fsp3) is 0.533. The molecule has 18 heavy (non-hydrogen) atoms. The van der Waals surface area contributed by atoms with Gasteiger partial charge in [0.15, 0.2) is 0 Å². The van der Waals surface area contributed by atoms with Crippen molar-refractivity contribution < 1.29 is 9.90 Å². The largest absolute Gasteiger partial charge is 0.481 e. The lowest BCUT2D eigenvalue weighted by Crippen LogP contribution is -2.28. The smallest absolute Gasteiger partial charge is 0.305 e. The minimum Gasteiger partial charge on any atom is -0.481 e. The number of anilines is 1. The van der Waals surface area contributed by atoms with Crippen molar-refractivity contribution in [3.05, 3.63) is 29.3 Å². The van der Waals surface area contributed by atoms with E-state index in [1.54, 1.807) is 0 Å². The Kier molecular flexibility index (Phi) is 3.33. The number of carboxylic acids is 1. The molecule has 2 N–H and O–H groups in total. The quantitative estimate of drug-likeness (QED) is 0.843. The molecular weight excluding hydrogens is 226 g/mol. The number of carboxylic acid groups (broad SMARTS) is 1. The van der Waals surface area contributed by atoms with E-state index in [0.29, 0.717) is 0 Å². The Balaban J connectivity index is 2.18. The molecular formula is C15H21NO2. The highest BCUT2D eigenvalue weighted by Crippen LogP contribution is 2.31. The second-order valence-electron chi connectivity index (χ2n) is 6.10. The molecule has 0 aliphatic carbocycles. The second kappa shape index (κ2) is 4.63. The molecule has 98 valence electrons. The number of hydrogen-bond acceptors (Lipinski definition) is 2. The van der Waals surface area contributed by atoms with E-state index in [-0.39, 0.29) is 17.9 Å². The lowest BCUT2D eigenvalue weighted by molar-refractivity contribution is -0.137. The molecule has 0 saturated carbocycles. The van der Waals surface area contributed by atoms with Gasteiger partial charge in [-0.2, -0.15) is 0 Å². The monoisotopic (exact) mass is 247 g/mol. The van der Waals surface area contributed by atoms with Crippen molar-refractivity contribution in [3.8, 4) is 0 Å². The van der Waals surface area contributed by atoms with Crippen molar-refractivity contribution in [1.82, 2.24) is 0 Å². The lowest BCUT2D eigenvalue weighted by Gasteiger charge is -2.28. The van der Waals surface area contributed by atoms with Gasteiger partial charge in [-0.15, -0.1) is 0 Å². The van der Waals surface area contributed by atoms with Crippen molar-refractivity contribution in [1.29, 1.82) is 0 Å². The fourth-order valence-corrected chi connectivity index (χ4v) is 2.39. The van der Waals surface area contributed by atoms with Gasteiger partial charge in [-0.25, -0.2) is 0 Å². The Morgan fingerprint density at radius 2 is 2.17 bits per heavy atom. The minimum absolute atomic E-state index is 0.0653. The summed E-state index contributed by atoms with van der Waals surface area (Å²) in [7, 11) is 0. The summed E-state index contributed by atoms with van der Waals surface area (Å²) in [5, 5.41) is 12.2. The molecule has 0 spiro atoms. The van der Waals surface area contributed by atoms with E-state index in [2.05, 4.69) is 44.3 Å². The zero-order valence-corrected chi connectivity index (χ0v) is 11.3. The maximum atomic E-state index is 10.7. The van der Waals surface area contributed by atoms with Crippen LogP contribution in [0.15, 0.2) is 18.2 Å². The number of rotatable bonds is 2. The topological polar surface area (TPSA) is 49.3 Å². The minimum atomic E-state index is -0.734. The molecule has 0 amide bonds. The number of carbonyl (C=O) groups is 1. The Hall–Kier alpha value is -1.51. The number of benzene rings is 1. The molecule has 1 heterocycles. The molecule has 0 fully saturated rings. The molecule has 1 aromatic carbocycles. The van der Waals surface area contributed by atoms with Crippen LogP contribution in [0.4, 0.5) is 5.69 Å². The summed E-state index contributed by atoms with van der Waals surface area (Å²) in [5.41, 5.74) is 3.90. The third-order valence-corrected chi connectivity index (χ3v) is 3.51. The number of nitrogens with one attached hydrogen (secondary N) is 1. The van der Waals surface area contributed by atoms with E-state index in [0.717, 1.165) is 18.5 Å². The summed E-state index contributed by atoms with van der Waals surface area (Å²) >= 11 is 0. The first-order chi connectivity index (χ1) is 8.36. The van der Waals surface area contributed by atoms with Crippen LogP contribution in [0.25, 0.3) is 0 Å². The summed E-state index contributed by atoms with van der Waals surface area (Å²) in [6, 6.07) is 6.54. The van der Waals surface area contributed by atoms with Gasteiger partial charge >= 0.3 is 5.97 Å². The van der Waals surface area contributed by atoms with Crippen molar-refractivity contribution in [2.24, 2.45) is 0 Å². The molecule has 0 saturated heterocycles. The van der Waals surface area contributed by atoms with Crippen LogP contribution in [0.5, 0.6) is 0 Å². The number of hydrogen-bond donors (Lipinski definition) is 2. The van der Waals surface area contributed by atoms with Crippen LogP contribution in [0.3, 0.4) is 0 Å². The molecule has 1 aliphatic heterocycles. The Morgan fingerprint density at radius 1 is 1.44 bits per heavy atom. The molecule has 3 nitrogen and oxygen atoms in total. The summed E-state index contributed by atoms with van der Waals surface area (Å²) in [6.07, 6.45) is 2.05. The van der Waals surface area contributed by atoms with E-state index in [1.165, 1.54) is 11.1 Å². The highest BCUT2D eigenvalue weighted by atomic mass is 16.4. The van der Waals surface area contributed by atoms with Crippen LogP contribution in [-0.4, -0.2) is 17.1 Å². The standard InChI is InChI=1S/C15H21NO2/c1-15(2,3)11-5-7-13-10(8-11)4-6-12(16-13)9-14(17)18/h5,7-8,12,16H,4,6,9H2,1-3H3,(H,17,18). The van der Waals surface area contributed by atoms with Crippen LogP contribution in [0.1, 0.15) is 44.7 Å². The normalized spacial score (nSPS) is 18.9. The molecule has 1 atom stereocenters. The van der Waals surface area contributed by atoms with Crippen molar-refractivity contribution in [3.63, 3.8) is 0 Å². The first kappa shape index (κ1) is 12.9. The van der Waals surface area contributed by atoms with Crippen molar-refractivity contribution >= 4 is 11.7 Å². The van der Waals surface area contributed by atoms with Crippen molar-refractivity contribution in [2.75, 3.05) is 5.32 Å². The van der Waals surface area contributed by atoms with Gasteiger partial charge in [0.1, 0.15) is 0 Å². The first-order valence-corrected chi connectivity index (χ1v) is 6.48. The molecule has 0 aromatic heterocycles. The average Bonchev–Trinajstić information content (AvgIpc) is 2.26. The average molecular weight is 247 g/mol. The van der Waals surface area contributed by atoms with Gasteiger partial charge in [0.2, 0.25) is 0 Å². The van der Waals surface area contributed by atoms with E-state index in [1.807, 2.05) is 0 Å². The SMILES string of the molecule is CC(C)(C)c1ccc2c(c1)CCC(CC(=O)O)N2. The molecule has 0 bridgehead atoms. The van der Waals surface area contributed by atoms with Gasteiger partial charge in [0.25, 0.3) is 0 Å². The zero-order valence-electron chi connectivity index (χ0n) is 11.3. The molecule has 3 heteroatoms. The third kappa shape index (κ3) is 2.84. The molecule has 2 rings (SSSR count). The predicted molar refractivity (Wildman–Crippen MR) is 73.1 cm³/mol. The Labute approximate surface area is 108 Å². The van der Waals surface area contributed by atoms with Crippen LogP contribution >= 0.6 is 0 Å². The van der Waals surface area contributed by atoms with Gasteiger partial charge in [-0.05, 0) is 35.4 Å². The number of fused-ring (bicyclic) bond motifs is 1. The van der Waals surface area contributed by atoms with Crippen molar-refractivity contribution in [2.45, 2.75) is 51.5 Å². The maximum absolute atomic E-state index is 10.7. The van der Waals surface area contributed by atoms with Crippen LogP contribution in [0, 0.1) is 0 Å². The Morgan fingerprint density at radius 3 is 2.78 bits per heavy atom. The first-order valence-electron chi connectivity index (χ1n) is 6.48. The van der Waals surface area contributed by atoms with Gasteiger partial charge in [0.05, 0.1) is 6.42 Å². The Bertz CT molecular complexity index is 460. The molecule has 1 aliphatic rings. The lowest BCUT2D eigenvalue weighted by atomic mass is 9.84. The molecule has 0 radical (unpaired) electrons. The fourth-order valence-electron chi connectivity index (χ4n) is 2.39. The van der Waals surface area contributed by atoms with E-state index < -0.39 is 5.97 Å². The predicted octanol–water partition coefficient (Wildman–Crippen LogP) is 3.19. The maximum Gasteiger partial charge on any atom is 0.305 e. The van der Waals surface area contributed by atoms with E-state index in [9.17, 15) is 4.79 Å². The van der Waals surface area contributed by atoms with Crippen LogP contribution < -0.4 is 5.32 Å². The number of aliphatic carboxylic acids is 1. The highest BCUT2D eigenvalue weighted by molar-refractivity contribution is 5.69. The molecule has 1 aromatic rings. The summed E-state index contributed by atoms with van der Waals surface area (Å²) in [5.74, 6) is -0.734. The number of aryl methyl sites for hydroxylation is 1. The van der Waals surface area contributed by atoms with Gasteiger partial charge in [0, 0.05) is 11.7 Å². The van der Waals surface area contributed by atoms with E-state index >= 15 is 0 Å². The summed E-state index contributed by atoms with van der Waals surface area (Å²) in [6.45, 7) is 6.62. The van der Waals surface area contributed by atoms with Gasteiger partial charge < -0.3 is 10.4 Å². The van der Waals surface area contributed by atoms with Crippen LogP contribution in [0.2, 0.25) is 0 Å². The highest BCUT2D eigenvalue weighted by Gasteiger charge is 2.22. The van der Waals surface area contributed by atoms with E-state index in [4.69, 9.17) is 5.11 Å². The third-order valence-electron chi connectivity index (χ3n) is 3.51.